The van der Waals surface area contributed by atoms with Gasteiger partial charge in [0, 0.05) is 17.5 Å². The Morgan fingerprint density at radius 1 is 0.971 bits per heavy atom. The molecule has 0 radical (unpaired) electrons. The summed E-state index contributed by atoms with van der Waals surface area (Å²) in [5.41, 5.74) is 2.50. The van der Waals surface area contributed by atoms with Gasteiger partial charge in [-0.25, -0.2) is 4.79 Å². The van der Waals surface area contributed by atoms with Crippen molar-refractivity contribution in [1.82, 2.24) is 10.2 Å². The lowest BCUT2D eigenvalue weighted by molar-refractivity contribution is -0.142. The molecular formula is C27H37N3O4S. The fourth-order valence-electron chi connectivity index (χ4n) is 3.77. The van der Waals surface area contributed by atoms with Crippen LogP contribution in [0.4, 0.5) is 10.5 Å². The third kappa shape index (κ3) is 7.75. The van der Waals surface area contributed by atoms with Crippen LogP contribution in [0.3, 0.4) is 0 Å². The van der Waals surface area contributed by atoms with Crippen molar-refractivity contribution in [3.8, 4) is 0 Å². The number of aryl methyl sites for hydroxylation is 2. The molecule has 0 bridgehead atoms. The van der Waals surface area contributed by atoms with E-state index in [1.165, 1.54) is 4.90 Å². The van der Waals surface area contributed by atoms with Gasteiger partial charge >= 0.3 is 6.09 Å². The number of thiol groups is 1. The molecule has 0 fully saturated rings. The number of benzene rings is 2. The van der Waals surface area contributed by atoms with Gasteiger partial charge in [-0.2, -0.15) is 12.6 Å². The number of amides is 3. The standard InChI is InChI=1S/C27H37N3O4S/c1-17(2)30(25(32)21(16-35)28-26(33)34-27(5,6)7)23(20-14-9-8-10-15-20)24(31)29-22-18(3)12-11-13-19(22)4/h8-15,17,21,23,35H,16H2,1-7H3,(H,28,33)(H,29,31). The number of nitrogens with one attached hydrogen (secondary N) is 2. The summed E-state index contributed by atoms with van der Waals surface area (Å²) in [6.07, 6.45) is -0.718. The smallest absolute Gasteiger partial charge is 0.408 e. The highest BCUT2D eigenvalue weighted by Gasteiger charge is 2.37. The maximum atomic E-state index is 13.8. The fraction of sp³-hybridized carbons (Fsp3) is 0.444. The van der Waals surface area contributed by atoms with Crippen LogP contribution < -0.4 is 10.6 Å². The van der Waals surface area contributed by atoms with E-state index in [-0.39, 0.29) is 17.7 Å². The Hall–Kier alpha value is -3.00. The minimum Gasteiger partial charge on any atom is -0.444 e. The molecule has 0 aliphatic carbocycles. The van der Waals surface area contributed by atoms with Gasteiger partial charge in [0.15, 0.2) is 0 Å². The number of ether oxygens (including phenoxy) is 1. The van der Waals surface area contributed by atoms with Crippen LogP contribution in [0.15, 0.2) is 48.5 Å². The maximum Gasteiger partial charge on any atom is 0.408 e. The van der Waals surface area contributed by atoms with E-state index in [2.05, 4.69) is 23.3 Å². The molecule has 7 nitrogen and oxygen atoms in total. The van der Waals surface area contributed by atoms with Crippen LogP contribution in [0, 0.1) is 13.8 Å². The number of carbonyl (C=O) groups excluding carboxylic acids is 3. The molecule has 0 saturated carbocycles. The molecule has 2 aromatic carbocycles. The average molecular weight is 500 g/mol. The minimum atomic E-state index is -0.977. The van der Waals surface area contributed by atoms with E-state index in [9.17, 15) is 14.4 Å². The van der Waals surface area contributed by atoms with Crippen molar-refractivity contribution in [2.75, 3.05) is 11.1 Å². The number of hydrogen-bond acceptors (Lipinski definition) is 5. The zero-order chi connectivity index (χ0) is 26.3. The Morgan fingerprint density at radius 3 is 2.03 bits per heavy atom. The van der Waals surface area contributed by atoms with E-state index in [0.29, 0.717) is 11.3 Å². The highest BCUT2D eigenvalue weighted by atomic mass is 32.1. The van der Waals surface area contributed by atoms with Crippen LogP contribution in [-0.4, -0.2) is 46.2 Å². The van der Waals surface area contributed by atoms with Crippen molar-refractivity contribution < 1.29 is 19.1 Å². The van der Waals surface area contributed by atoms with Gasteiger partial charge in [0.25, 0.3) is 5.91 Å². The predicted molar refractivity (Wildman–Crippen MR) is 143 cm³/mol. The Balaban J connectivity index is 2.45. The number of alkyl carbamates (subject to hydrolysis) is 1. The van der Waals surface area contributed by atoms with E-state index >= 15 is 0 Å². The summed E-state index contributed by atoms with van der Waals surface area (Å²) >= 11 is 4.30. The SMILES string of the molecule is Cc1cccc(C)c1NC(=O)C(c1ccccc1)N(C(=O)C(CS)NC(=O)OC(C)(C)C)C(C)C. The van der Waals surface area contributed by atoms with Gasteiger partial charge in [-0.3, -0.25) is 9.59 Å². The zero-order valence-electron chi connectivity index (χ0n) is 21.6. The number of anilines is 1. The maximum absolute atomic E-state index is 13.8. The molecule has 8 heteroatoms. The first-order valence-corrected chi connectivity index (χ1v) is 12.3. The Bertz CT molecular complexity index is 1010. The summed E-state index contributed by atoms with van der Waals surface area (Å²) in [7, 11) is 0. The second-order valence-corrected chi connectivity index (χ2v) is 10.2. The van der Waals surface area contributed by atoms with E-state index in [0.717, 1.165) is 11.1 Å². The quantitative estimate of drug-likeness (QED) is 0.444. The van der Waals surface area contributed by atoms with Crippen molar-refractivity contribution in [1.29, 1.82) is 0 Å². The monoisotopic (exact) mass is 499 g/mol. The van der Waals surface area contributed by atoms with Crippen molar-refractivity contribution in [3.05, 3.63) is 65.2 Å². The van der Waals surface area contributed by atoms with Crippen LogP contribution in [0.25, 0.3) is 0 Å². The average Bonchev–Trinajstić information content (AvgIpc) is 2.76. The molecule has 2 aromatic rings. The van der Waals surface area contributed by atoms with Gasteiger partial charge < -0.3 is 20.3 Å². The lowest BCUT2D eigenvalue weighted by Gasteiger charge is -2.37. The van der Waals surface area contributed by atoms with Gasteiger partial charge in [-0.1, -0.05) is 48.5 Å². The first-order valence-electron chi connectivity index (χ1n) is 11.7. The molecule has 0 spiro atoms. The third-order valence-electron chi connectivity index (χ3n) is 5.35. The number of rotatable bonds is 8. The summed E-state index contributed by atoms with van der Waals surface area (Å²) in [6, 6.07) is 12.7. The van der Waals surface area contributed by atoms with E-state index < -0.39 is 29.7 Å². The van der Waals surface area contributed by atoms with Gasteiger partial charge in [-0.05, 0) is 65.2 Å². The first kappa shape index (κ1) is 28.2. The van der Waals surface area contributed by atoms with E-state index in [4.69, 9.17) is 4.74 Å². The molecular weight excluding hydrogens is 462 g/mol. The van der Waals surface area contributed by atoms with Gasteiger partial charge in [0.2, 0.25) is 5.91 Å². The molecule has 2 N–H and O–H groups in total. The summed E-state index contributed by atoms with van der Waals surface area (Å²) < 4.78 is 5.32. The van der Waals surface area contributed by atoms with Crippen molar-refractivity contribution in [2.45, 2.75) is 72.2 Å². The highest BCUT2D eigenvalue weighted by molar-refractivity contribution is 7.80. The molecule has 2 rings (SSSR count). The fourth-order valence-corrected chi connectivity index (χ4v) is 4.02. The largest absolute Gasteiger partial charge is 0.444 e. The van der Waals surface area contributed by atoms with E-state index in [1.54, 1.807) is 20.8 Å². The molecule has 0 heterocycles. The van der Waals surface area contributed by atoms with Gasteiger partial charge in [0.1, 0.15) is 17.7 Å². The number of para-hydroxylation sites is 1. The molecule has 0 aromatic heterocycles. The van der Waals surface area contributed by atoms with Crippen LogP contribution in [0.5, 0.6) is 0 Å². The van der Waals surface area contributed by atoms with Crippen LogP contribution >= 0.6 is 12.6 Å². The number of carbonyl (C=O) groups is 3. The summed E-state index contributed by atoms with van der Waals surface area (Å²) in [6.45, 7) is 12.8. The normalized spacial score (nSPS) is 13.1. The number of nitrogens with zero attached hydrogens (tertiary/aromatic N) is 1. The third-order valence-corrected chi connectivity index (χ3v) is 5.72. The number of hydrogen-bond donors (Lipinski definition) is 3. The van der Waals surface area contributed by atoms with Crippen molar-refractivity contribution >= 4 is 36.2 Å². The summed E-state index contributed by atoms with van der Waals surface area (Å²) in [5.74, 6) is -0.723. The zero-order valence-corrected chi connectivity index (χ0v) is 22.5. The second-order valence-electron chi connectivity index (χ2n) is 9.79. The van der Waals surface area contributed by atoms with Crippen LogP contribution in [0.1, 0.15) is 57.4 Å². The molecule has 2 atom stereocenters. The van der Waals surface area contributed by atoms with Crippen molar-refractivity contribution in [2.24, 2.45) is 0 Å². The van der Waals surface area contributed by atoms with Crippen LogP contribution in [0.2, 0.25) is 0 Å². The lowest BCUT2D eigenvalue weighted by atomic mass is 10.0. The predicted octanol–water partition coefficient (Wildman–Crippen LogP) is 5.04. The Labute approximate surface area is 214 Å². The lowest BCUT2D eigenvalue weighted by Crippen LogP contribution is -2.55. The Kier molecular flexibility index (Phi) is 9.77. The second kappa shape index (κ2) is 12.1. The molecule has 35 heavy (non-hydrogen) atoms. The molecule has 0 aliphatic heterocycles. The molecule has 0 saturated heterocycles. The highest BCUT2D eigenvalue weighted by Crippen LogP contribution is 2.28. The molecule has 3 amide bonds. The van der Waals surface area contributed by atoms with E-state index in [1.807, 2.05) is 76.2 Å². The van der Waals surface area contributed by atoms with Crippen molar-refractivity contribution in [3.63, 3.8) is 0 Å². The van der Waals surface area contributed by atoms with Gasteiger partial charge in [0.05, 0.1) is 0 Å². The summed E-state index contributed by atoms with van der Waals surface area (Å²) in [5, 5.41) is 5.64. The molecule has 190 valence electrons. The van der Waals surface area contributed by atoms with Gasteiger partial charge in [-0.15, -0.1) is 0 Å². The topological polar surface area (TPSA) is 87.7 Å². The van der Waals surface area contributed by atoms with Crippen LogP contribution in [-0.2, 0) is 14.3 Å². The molecule has 0 aliphatic rings. The minimum absolute atomic E-state index is 0.0430. The first-order chi connectivity index (χ1) is 16.4. The summed E-state index contributed by atoms with van der Waals surface area (Å²) in [4.78, 5) is 41.4. The molecule has 2 unspecified atom stereocenters. The Morgan fingerprint density at radius 2 is 1.54 bits per heavy atom.